The molecule has 4 rings (SSSR count). The Labute approximate surface area is 186 Å². The number of aryl methyl sites for hydroxylation is 3. The average Bonchev–Trinajstić information content (AvgIpc) is 3.36. The lowest BCUT2D eigenvalue weighted by atomic mass is 10.1. The first-order valence-electron chi connectivity index (χ1n) is 10.7. The van der Waals surface area contributed by atoms with Crippen molar-refractivity contribution in [1.82, 2.24) is 14.9 Å². The van der Waals surface area contributed by atoms with Crippen molar-refractivity contribution in [2.45, 2.75) is 52.0 Å². The zero-order chi connectivity index (χ0) is 21.8. The van der Waals surface area contributed by atoms with Gasteiger partial charge in [-0.1, -0.05) is 18.2 Å². The van der Waals surface area contributed by atoms with Crippen molar-refractivity contribution in [3.63, 3.8) is 0 Å². The SMILES string of the molecule is Cc1nc(Nc2cccc([C@@H]3CCCN3C(=O)CCCc3ccc(F)cc3)n2)sc1C. The monoisotopic (exact) mass is 438 g/mol. The Bertz CT molecular complexity index is 1030. The van der Waals surface area contributed by atoms with E-state index in [4.69, 9.17) is 4.98 Å². The van der Waals surface area contributed by atoms with E-state index in [1.54, 1.807) is 23.5 Å². The summed E-state index contributed by atoms with van der Waals surface area (Å²) in [5.74, 6) is 0.682. The zero-order valence-corrected chi connectivity index (χ0v) is 18.7. The Morgan fingerprint density at radius 2 is 2.00 bits per heavy atom. The van der Waals surface area contributed by atoms with Crippen LogP contribution in [0.4, 0.5) is 15.3 Å². The van der Waals surface area contributed by atoms with Gasteiger partial charge in [0.1, 0.15) is 11.6 Å². The molecule has 5 nitrogen and oxygen atoms in total. The van der Waals surface area contributed by atoms with Gasteiger partial charge in [-0.15, -0.1) is 11.3 Å². The normalized spacial score (nSPS) is 16.0. The zero-order valence-electron chi connectivity index (χ0n) is 17.9. The number of carbonyl (C=O) groups is 1. The molecule has 1 atom stereocenters. The maximum Gasteiger partial charge on any atom is 0.223 e. The summed E-state index contributed by atoms with van der Waals surface area (Å²) in [6.07, 6.45) is 3.93. The third-order valence-corrected chi connectivity index (χ3v) is 6.71. The second-order valence-electron chi connectivity index (χ2n) is 7.96. The number of aromatic nitrogens is 2. The fourth-order valence-electron chi connectivity index (χ4n) is 3.95. The largest absolute Gasteiger partial charge is 0.334 e. The van der Waals surface area contributed by atoms with Crippen molar-refractivity contribution in [3.8, 4) is 0 Å². The first-order valence-corrected chi connectivity index (χ1v) is 11.5. The van der Waals surface area contributed by atoms with Crippen LogP contribution in [0.25, 0.3) is 0 Å². The fourth-order valence-corrected chi connectivity index (χ4v) is 4.78. The molecule has 1 aliphatic rings. The molecule has 162 valence electrons. The third kappa shape index (κ3) is 5.28. The van der Waals surface area contributed by atoms with Gasteiger partial charge in [-0.3, -0.25) is 4.79 Å². The van der Waals surface area contributed by atoms with Crippen LogP contribution in [0, 0.1) is 19.7 Å². The Balaban J connectivity index is 1.38. The number of nitrogens with zero attached hydrogens (tertiary/aromatic N) is 3. The van der Waals surface area contributed by atoms with E-state index in [1.165, 1.54) is 17.0 Å². The summed E-state index contributed by atoms with van der Waals surface area (Å²) in [5.41, 5.74) is 3.00. The van der Waals surface area contributed by atoms with E-state index < -0.39 is 0 Å². The number of hydrogen-bond donors (Lipinski definition) is 1. The van der Waals surface area contributed by atoms with Crippen LogP contribution in [-0.2, 0) is 11.2 Å². The molecule has 7 heteroatoms. The van der Waals surface area contributed by atoms with Gasteiger partial charge in [-0.25, -0.2) is 14.4 Å². The standard InChI is InChI=1S/C24H27FN4OS/c1-16-17(2)31-24(26-16)28-22-9-4-7-20(27-22)21-8-5-15-29(21)23(30)10-3-6-18-11-13-19(25)14-12-18/h4,7,9,11-14,21H,3,5-6,8,10,15H2,1-2H3,(H,26,27,28)/t21-/m0/s1. The summed E-state index contributed by atoms with van der Waals surface area (Å²) in [6.45, 7) is 4.82. The van der Waals surface area contributed by atoms with Crippen molar-refractivity contribution in [2.24, 2.45) is 0 Å². The van der Waals surface area contributed by atoms with Crippen LogP contribution in [0.1, 0.15) is 53.6 Å². The number of halogens is 1. The predicted octanol–water partition coefficient (Wildman–Crippen LogP) is 5.72. The smallest absolute Gasteiger partial charge is 0.223 e. The number of amides is 1. The van der Waals surface area contributed by atoms with Gasteiger partial charge in [-0.05, 0) is 69.4 Å². The molecule has 1 saturated heterocycles. The molecule has 0 bridgehead atoms. The van der Waals surface area contributed by atoms with Crippen molar-refractivity contribution in [3.05, 3.63) is 70.1 Å². The Kier molecular flexibility index (Phi) is 6.61. The van der Waals surface area contributed by atoms with Gasteiger partial charge in [0.05, 0.1) is 17.4 Å². The Morgan fingerprint density at radius 1 is 1.19 bits per heavy atom. The number of anilines is 2. The molecule has 1 amide bonds. The van der Waals surface area contributed by atoms with Crippen LogP contribution in [0.15, 0.2) is 42.5 Å². The summed E-state index contributed by atoms with van der Waals surface area (Å²) in [4.78, 5) is 25.4. The molecule has 1 fully saturated rings. The third-order valence-electron chi connectivity index (χ3n) is 5.72. The highest BCUT2D eigenvalue weighted by molar-refractivity contribution is 7.15. The average molecular weight is 439 g/mol. The van der Waals surface area contributed by atoms with Crippen LogP contribution < -0.4 is 5.32 Å². The van der Waals surface area contributed by atoms with Crippen molar-refractivity contribution in [1.29, 1.82) is 0 Å². The molecule has 0 aliphatic carbocycles. The highest BCUT2D eigenvalue weighted by Crippen LogP contribution is 2.33. The molecular formula is C24H27FN4OS. The highest BCUT2D eigenvalue weighted by Gasteiger charge is 2.30. The highest BCUT2D eigenvalue weighted by atomic mass is 32.1. The van der Waals surface area contributed by atoms with E-state index in [2.05, 4.69) is 17.2 Å². The summed E-state index contributed by atoms with van der Waals surface area (Å²) >= 11 is 1.61. The second kappa shape index (κ2) is 9.56. The van der Waals surface area contributed by atoms with Crippen molar-refractivity contribution in [2.75, 3.05) is 11.9 Å². The van der Waals surface area contributed by atoms with E-state index in [9.17, 15) is 9.18 Å². The minimum absolute atomic E-state index is 0.0137. The van der Waals surface area contributed by atoms with Crippen LogP contribution in [-0.4, -0.2) is 27.3 Å². The molecule has 31 heavy (non-hydrogen) atoms. The van der Waals surface area contributed by atoms with E-state index in [1.807, 2.05) is 30.0 Å². The molecule has 1 N–H and O–H groups in total. The molecule has 3 aromatic rings. The lowest BCUT2D eigenvalue weighted by Gasteiger charge is -2.24. The van der Waals surface area contributed by atoms with Crippen LogP contribution >= 0.6 is 11.3 Å². The van der Waals surface area contributed by atoms with Gasteiger partial charge in [0, 0.05) is 17.8 Å². The molecule has 1 aromatic carbocycles. The molecule has 0 spiro atoms. The predicted molar refractivity (Wildman–Crippen MR) is 122 cm³/mol. The van der Waals surface area contributed by atoms with Crippen molar-refractivity contribution >= 4 is 28.2 Å². The Morgan fingerprint density at radius 3 is 2.74 bits per heavy atom. The maximum atomic E-state index is 13.0. The first kappa shape index (κ1) is 21.4. The topological polar surface area (TPSA) is 58.1 Å². The lowest BCUT2D eigenvalue weighted by molar-refractivity contribution is -0.132. The summed E-state index contributed by atoms with van der Waals surface area (Å²) in [5, 5.41) is 4.13. The molecule has 0 saturated carbocycles. The van der Waals surface area contributed by atoms with Crippen LogP contribution in [0.5, 0.6) is 0 Å². The number of thiazole rings is 1. The molecule has 0 radical (unpaired) electrons. The number of nitrogens with one attached hydrogen (secondary N) is 1. The van der Waals surface area contributed by atoms with Crippen molar-refractivity contribution < 1.29 is 9.18 Å². The summed E-state index contributed by atoms with van der Waals surface area (Å²) in [7, 11) is 0. The maximum absolute atomic E-state index is 13.0. The molecule has 1 aliphatic heterocycles. The van der Waals surface area contributed by atoms with E-state index in [0.717, 1.165) is 60.1 Å². The van der Waals surface area contributed by atoms with Gasteiger partial charge in [-0.2, -0.15) is 0 Å². The van der Waals surface area contributed by atoms with E-state index >= 15 is 0 Å². The number of benzene rings is 1. The molecule has 2 aromatic heterocycles. The number of carbonyl (C=O) groups excluding carboxylic acids is 1. The van der Waals surface area contributed by atoms with Gasteiger partial charge >= 0.3 is 0 Å². The minimum Gasteiger partial charge on any atom is -0.334 e. The molecule has 3 heterocycles. The van der Waals surface area contributed by atoms with Gasteiger partial charge in [0.25, 0.3) is 0 Å². The van der Waals surface area contributed by atoms with E-state index in [-0.39, 0.29) is 17.8 Å². The number of rotatable bonds is 7. The summed E-state index contributed by atoms with van der Waals surface area (Å²) < 4.78 is 13.0. The van der Waals surface area contributed by atoms with Crippen LogP contribution in [0.2, 0.25) is 0 Å². The van der Waals surface area contributed by atoms with Gasteiger partial charge in [0.15, 0.2) is 5.13 Å². The van der Waals surface area contributed by atoms with Gasteiger partial charge < -0.3 is 10.2 Å². The van der Waals surface area contributed by atoms with Crippen LogP contribution in [0.3, 0.4) is 0 Å². The minimum atomic E-state index is -0.232. The quantitative estimate of drug-likeness (QED) is 0.512. The number of hydrogen-bond acceptors (Lipinski definition) is 5. The van der Waals surface area contributed by atoms with Gasteiger partial charge in [0.2, 0.25) is 5.91 Å². The van der Waals surface area contributed by atoms with E-state index in [0.29, 0.717) is 6.42 Å². The Hall–Kier alpha value is -2.80. The number of likely N-dealkylation sites (tertiary alicyclic amines) is 1. The summed E-state index contributed by atoms with van der Waals surface area (Å²) in [6, 6.07) is 12.4. The molecule has 0 unspecified atom stereocenters. The second-order valence-corrected chi connectivity index (χ2v) is 9.16. The first-order chi connectivity index (χ1) is 15.0. The lowest BCUT2D eigenvalue weighted by Crippen LogP contribution is -2.30. The molecular weight excluding hydrogens is 411 g/mol. The number of pyridine rings is 1. The fraction of sp³-hybridized carbons (Fsp3) is 0.375.